The molecule has 55 heavy (non-hydrogen) atoms. The molecule has 0 aromatic heterocycles. The van der Waals surface area contributed by atoms with Crippen LogP contribution in [0.25, 0.3) is 0 Å². The van der Waals surface area contributed by atoms with E-state index in [2.05, 4.69) is 0 Å². The van der Waals surface area contributed by atoms with Crippen molar-refractivity contribution in [2.75, 3.05) is 40.6 Å². The molecule has 0 spiro atoms. The Kier molecular flexibility index (Phi) is 15.7. The zero-order valence-electron chi connectivity index (χ0n) is 26.2. The molecule has 0 amide bonds. The van der Waals surface area contributed by atoms with E-state index in [-0.39, 0.29) is 18.9 Å². The van der Waals surface area contributed by atoms with Gasteiger partial charge in [-0.25, -0.2) is 87.8 Å². The van der Waals surface area contributed by atoms with Gasteiger partial charge in [-0.05, 0) is 0 Å². The average Bonchev–Trinajstić information content (AvgIpc) is 3.14. The summed E-state index contributed by atoms with van der Waals surface area (Å²) in [6.07, 6.45) is -7.22. The average molecular weight is 821 g/mol. The van der Waals surface area contributed by atoms with Gasteiger partial charge < -0.3 is 14.2 Å². The molecule has 298 valence electrons. The first-order valence-corrected chi connectivity index (χ1v) is 13.9. The molecule has 0 saturated carbocycles. The summed E-state index contributed by atoms with van der Waals surface area (Å²) in [7, 11) is 3.30. The summed E-state index contributed by atoms with van der Waals surface area (Å²) < 4.78 is 309. The molecular formula is C30H15BF20LiO3-. The summed E-state index contributed by atoms with van der Waals surface area (Å²) in [5.74, 6) is -71.4. The minimum absolute atomic E-state index is 0. The number of hydrogen-bond acceptors (Lipinski definition) is 3. The molecule has 0 aliphatic heterocycles. The van der Waals surface area contributed by atoms with Gasteiger partial charge in [0.25, 0.3) is 0 Å². The van der Waals surface area contributed by atoms with E-state index < -0.39 is 144 Å². The molecule has 0 saturated heterocycles. The molecule has 0 radical (unpaired) electrons. The van der Waals surface area contributed by atoms with Crippen molar-refractivity contribution in [1.29, 1.82) is 0 Å². The fraction of sp³-hybridized carbons (Fsp3) is 0.200. The summed E-state index contributed by atoms with van der Waals surface area (Å²) in [6, 6.07) is 0. The van der Waals surface area contributed by atoms with Gasteiger partial charge in [-0.1, -0.05) is 0 Å². The van der Waals surface area contributed by atoms with Gasteiger partial charge >= 0.3 is 18.9 Å². The molecule has 25 heteroatoms. The van der Waals surface area contributed by atoms with Gasteiger partial charge in [-0.3, -0.25) is 0 Å². The normalized spacial score (nSPS) is 11.5. The second-order valence-electron chi connectivity index (χ2n) is 10.4. The van der Waals surface area contributed by atoms with Crippen molar-refractivity contribution in [1.82, 2.24) is 0 Å². The summed E-state index contributed by atoms with van der Waals surface area (Å²) in [4.78, 5) is 0. The van der Waals surface area contributed by atoms with Crippen LogP contribution in [0.4, 0.5) is 87.8 Å². The maximum atomic E-state index is 15.4. The van der Waals surface area contributed by atoms with Gasteiger partial charge in [0.2, 0.25) is 0 Å². The van der Waals surface area contributed by atoms with E-state index in [9.17, 15) is 52.7 Å². The summed E-state index contributed by atoms with van der Waals surface area (Å²) in [6.45, 7) is 2.62. The third kappa shape index (κ3) is 7.75. The fourth-order valence-electron chi connectivity index (χ4n) is 5.26. The van der Waals surface area contributed by atoms with Crippen molar-refractivity contribution in [3.63, 3.8) is 0 Å². The van der Waals surface area contributed by atoms with Gasteiger partial charge in [0.1, 0.15) is 52.7 Å². The fourth-order valence-corrected chi connectivity index (χ4v) is 5.26. The van der Waals surface area contributed by atoms with Crippen LogP contribution in [0.2, 0.25) is 0 Å². The minimum atomic E-state index is -7.22. The third-order valence-electron chi connectivity index (χ3n) is 7.57. The van der Waals surface area contributed by atoms with Crippen molar-refractivity contribution in [2.45, 2.75) is 0 Å². The Balaban J connectivity index is 0.000000928. The van der Waals surface area contributed by atoms with Gasteiger partial charge in [0, 0.05) is 14.2 Å². The molecule has 4 rings (SSSR count). The third-order valence-corrected chi connectivity index (χ3v) is 7.57. The molecule has 0 aliphatic carbocycles. The number of hydrogen-bond donors (Lipinski definition) is 0. The van der Waals surface area contributed by atoms with Crippen LogP contribution < -0.4 is 21.9 Å². The summed E-state index contributed by atoms with van der Waals surface area (Å²) in [5.41, 5.74) is -14.3. The van der Waals surface area contributed by atoms with Crippen molar-refractivity contribution in [2.24, 2.45) is 0 Å². The monoisotopic (exact) mass is 821 g/mol. The molecule has 0 heterocycles. The van der Waals surface area contributed by atoms with Crippen LogP contribution in [0.15, 0.2) is 0 Å². The van der Waals surface area contributed by atoms with Gasteiger partial charge in [0.15, 0.2) is 69.8 Å². The van der Waals surface area contributed by atoms with E-state index in [0.717, 1.165) is 0 Å². The quantitative estimate of drug-likeness (QED) is 0.0697. The Morgan fingerprint density at radius 2 is 0.418 bits per heavy atom. The topological polar surface area (TPSA) is 27.7 Å². The predicted molar refractivity (Wildman–Crippen MR) is 151 cm³/mol. The molecular weight excluding hydrogens is 806 g/mol. The van der Waals surface area contributed by atoms with E-state index in [1.54, 1.807) is 14.2 Å². The number of ether oxygens (including phenoxy) is 3. The zero-order valence-corrected chi connectivity index (χ0v) is 26.2. The van der Waals surface area contributed by atoms with E-state index in [1.807, 2.05) is 0 Å². The SMILES string of the molecule is COCCOCCOC.Fc1c(F)c(F)c([B-](c2c(F)c(F)c(F)c(F)c2F)(c2c(F)c(F)c(F)c(F)c2F)c2c(F)c(F)c(F)c(F)c2F)c(F)c1F.[LiH]. The molecule has 0 fully saturated rings. The zero-order chi connectivity index (χ0) is 41.3. The van der Waals surface area contributed by atoms with Gasteiger partial charge in [0.05, 0.1) is 26.4 Å². The van der Waals surface area contributed by atoms with Crippen LogP contribution in [-0.4, -0.2) is 65.7 Å². The molecule has 4 aromatic carbocycles. The molecule has 0 N–H and O–H groups in total. The van der Waals surface area contributed by atoms with Crippen molar-refractivity contribution in [3.8, 4) is 0 Å². The number of halogens is 20. The predicted octanol–water partition coefficient (Wildman–Crippen LogP) is 5.49. The number of methoxy groups -OCH3 is 2. The summed E-state index contributed by atoms with van der Waals surface area (Å²) >= 11 is 0. The number of benzene rings is 4. The van der Waals surface area contributed by atoms with Crippen LogP contribution in [0, 0.1) is 116 Å². The molecule has 3 nitrogen and oxygen atoms in total. The van der Waals surface area contributed by atoms with Crippen LogP contribution in [-0.2, 0) is 14.2 Å². The molecule has 0 aliphatic rings. The second kappa shape index (κ2) is 18.3. The molecule has 4 aromatic rings. The summed E-state index contributed by atoms with van der Waals surface area (Å²) in [5, 5.41) is 0. The van der Waals surface area contributed by atoms with Crippen molar-refractivity contribution < 1.29 is 102 Å². The van der Waals surface area contributed by atoms with E-state index in [0.29, 0.717) is 26.4 Å². The maximum absolute atomic E-state index is 15.4. The Hall–Kier alpha value is -3.98. The van der Waals surface area contributed by atoms with E-state index >= 15 is 35.1 Å². The van der Waals surface area contributed by atoms with Crippen LogP contribution in [0.3, 0.4) is 0 Å². The van der Waals surface area contributed by atoms with Crippen molar-refractivity contribution in [3.05, 3.63) is 116 Å². The van der Waals surface area contributed by atoms with Crippen molar-refractivity contribution >= 4 is 46.9 Å². The molecule has 0 unspecified atom stereocenters. The van der Waals surface area contributed by atoms with E-state index in [1.165, 1.54) is 0 Å². The standard InChI is InChI=1S/C24BF20.C6H14O3.Li.H/c26-5-1(6(27)14(35)21(42)13(5)34)25(2-7(28)15(36)22(43)16(37)8(2)29,3-9(30)17(38)23(44)18(39)10(3)31)4-11(32)19(40)24(45)20(41)12(4)33;1-7-3-5-9-6-4-8-2;;/h;3-6H2,1-2H3;;/q-1;;;. The van der Waals surface area contributed by atoms with Crippen LogP contribution in [0.5, 0.6) is 0 Å². The number of rotatable bonds is 10. The second-order valence-corrected chi connectivity index (χ2v) is 10.4. The van der Waals surface area contributed by atoms with E-state index in [4.69, 9.17) is 14.2 Å². The van der Waals surface area contributed by atoms with Crippen LogP contribution >= 0.6 is 0 Å². The Morgan fingerprint density at radius 1 is 0.273 bits per heavy atom. The first kappa shape index (κ1) is 47.2. The Bertz CT molecular complexity index is 1710. The first-order valence-electron chi connectivity index (χ1n) is 13.9. The van der Waals surface area contributed by atoms with Gasteiger partial charge in [-0.2, -0.15) is 0 Å². The van der Waals surface area contributed by atoms with Crippen LogP contribution in [0.1, 0.15) is 0 Å². The Morgan fingerprint density at radius 3 is 0.564 bits per heavy atom. The Labute approximate surface area is 305 Å². The molecule has 0 bridgehead atoms. The first-order chi connectivity index (χ1) is 25.1. The molecule has 0 atom stereocenters. The van der Waals surface area contributed by atoms with Gasteiger partial charge in [-0.15, -0.1) is 21.9 Å².